The van der Waals surface area contributed by atoms with Crippen LogP contribution in [0, 0.1) is 0 Å². The monoisotopic (exact) mass is 1480 g/mol. The first-order valence-corrected chi connectivity index (χ1v) is 45.6. The topological polar surface area (TPSA) is 228 Å². The lowest BCUT2D eigenvalue weighted by Crippen LogP contribution is -2.65. The zero-order valence-electron chi connectivity index (χ0n) is 68.1. The molecule has 12 unspecified atom stereocenters. The smallest absolute Gasteiger partial charge is 0.220 e. The minimum absolute atomic E-state index is 0.238. The number of carbonyl (C=O) groups excluding carboxylic acids is 1. The van der Waals surface area contributed by atoms with Crippen molar-refractivity contribution >= 4 is 5.91 Å². The largest absolute Gasteiger partial charge is 0.394 e. The highest BCUT2D eigenvalue weighted by Gasteiger charge is 2.51. The molecule has 0 bridgehead atoms. The Labute approximate surface area is 640 Å². The second kappa shape index (κ2) is 74.2. The van der Waals surface area contributed by atoms with E-state index in [9.17, 15) is 45.6 Å². The number of rotatable bonds is 79. The van der Waals surface area contributed by atoms with Crippen molar-refractivity contribution in [2.45, 2.75) is 524 Å². The molecule has 12 atom stereocenters. The number of hydrogen-bond acceptors (Lipinski definition) is 13. The first-order chi connectivity index (χ1) is 51.1. The molecular formula is C90H173NO13. The maximum absolute atomic E-state index is 13.4. The lowest BCUT2D eigenvalue weighted by molar-refractivity contribution is -0.359. The SMILES string of the molecule is CCCCCCCCCCCCCCCCCCCCCCCCCCCC/C=C/CC/C=C/C(O)C(COC1OC(CO)C(OC2OC(CO)C(O)C(O)C2O)C(O)C1O)NC(=O)CCCCCCCCCCCCCCCCCCCCCCCCCCCCCCCCCCCCCCCC. The molecule has 0 aromatic rings. The Morgan fingerprint density at radius 3 is 0.942 bits per heavy atom. The normalized spacial score (nSPS) is 21.5. The third-order valence-corrected chi connectivity index (χ3v) is 22.6. The van der Waals surface area contributed by atoms with Crippen molar-refractivity contribution in [1.82, 2.24) is 5.32 Å². The number of allylic oxidation sites excluding steroid dienone is 3. The summed E-state index contributed by atoms with van der Waals surface area (Å²) in [6, 6.07) is -0.931. The highest BCUT2D eigenvalue weighted by molar-refractivity contribution is 5.76. The van der Waals surface area contributed by atoms with E-state index in [0.717, 1.165) is 32.1 Å². The van der Waals surface area contributed by atoms with Crippen LogP contribution in [0.1, 0.15) is 450 Å². The maximum Gasteiger partial charge on any atom is 0.220 e. The predicted molar refractivity (Wildman–Crippen MR) is 434 cm³/mol. The number of ether oxygens (including phenoxy) is 4. The summed E-state index contributed by atoms with van der Waals surface area (Å²) in [4.78, 5) is 13.4. The van der Waals surface area contributed by atoms with E-state index in [0.29, 0.717) is 12.8 Å². The minimum Gasteiger partial charge on any atom is -0.394 e. The molecule has 14 heteroatoms. The Balaban J connectivity index is 1.56. The summed E-state index contributed by atoms with van der Waals surface area (Å²) in [6.45, 7) is 2.87. The Kier molecular flexibility index (Phi) is 70.3. The van der Waals surface area contributed by atoms with Gasteiger partial charge in [0.1, 0.15) is 48.8 Å². The molecule has 0 aliphatic carbocycles. The average Bonchev–Trinajstić information content (AvgIpc) is 0.789. The van der Waals surface area contributed by atoms with Crippen LogP contribution in [-0.2, 0) is 23.7 Å². The highest BCUT2D eigenvalue weighted by Crippen LogP contribution is 2.31. The molecule has 0 radical (unpaired) electrons. The number of aliphatic hydroxyl groups excluding tert-OH is 8. The van der Waals surface area contributed by atoms with Crippen LogP contribution >= 0.6 is 0 Å². The molecule has 1 amide bonds. The zero-order chi connectivity index (χ0) is 75.1. The molecule has 2 heterocycles. The van der Waals surface area contributed by atoms with E-state index in [-0.39, 0.29) is 18.9 Å². The predicted octanol–water partition coefficient (Wildman–Crippen LogP) is 22.2. The van der Waals surface area contributed by atoms with Crippen LogP contribution in [0.25, 0.3) is 0 Å². The minimum atomic E-state index is -1.79. The van der Waals surface area contributed by atoms with Crippen LogP contribution in [0.3, 0.4) is 0 Å². The molecule has 616 valence electrons. The van der Waals surface area contributed by atoms with Gasteiger partial charge in [0.25, 0.3) is 0 Å². The second-order valence-electron chi connectivity index (χ2n) is 32.4. The number of aliphatic hydroxyl groups is 8. The van der Waals surface area contributed by atoms with Crippen LogP contribution in [0.4, 0.5) is 0 Å². The molecule has 0 aromatic carbocycles. The van der Waals surface area contributed by atoms with E-state index in [1.54, 1.807) is 6.08 Å². The molecule has 104 heavy (non-hydrogen) atoms. The zero-order valence-corrected chi connectivity index (χ0v) is 68.1. The Bertz CT molecular complexity index is 1840. The van der Waals surface area contributed by atoms with Gasteiger partial charge in [-0.2, -0.15) is 0 Å². The molecule has 2 aliphatic heterocycles. The second-order valence-corrected chi connectivity index (χ2v) is 32.4. The summed E-state index contributed by atoms with van der Waals surface area (Å²) >= 11 is 0. The summed E-state index contributed by atoms with van der Waals surface area (Å²) in [6.07, 6.45) is 81.8. The quantitative estimate of drug-likeness (QED) is 0.0204. The van der Waals surface area contributed by atoms with E-state index in [1.165, 1.54) is 385 Å². The summed E-state index contributed by atoms with van der Waals surface area (Å²) in [5, 5.41) is 87.8. The molecule has 2 rings (SSSR count). The molecule has 2 saturated heterocycles. The Hall–Kier alpha value is -1.53. The molecular weight excluding hydrogens is 1300 g/mol. The van der Waals surface area contributed by atoms with Gasteiger partial charge in [-0.05, 0) is 32.1 Å². The third-order valence-electron chi connectivity index (χ3n) is 22.6. The van der Waals surface area contributed by atoms with E-state index in [4.69, 9.17) is 18.9 Å². The molecule has 2 fully saturated rings. The molecule has 14 nitrogen and oxygen atoms in total. The molecule has 0 spiro atoms. The van der Waals surface area contributed by atoms with E-state index < -0.39 is 86.8 Å². The van der Waals surface area contributed by atoms with Gasteiger partial charge >= 0.3 is 0 Å². The van der Waals surface area contributed by atoms with E-state index in [2.05, 4.69) is 31.3 Å². The number of nitrogens with one attached hydrogen (secondary N) is 1. The van der Waals surface area contributed by atoms with Gasteiger partial charge in [-0.25, -0.2) is 0 Å². The van der Waals surface area contributed by atoms with Crippen LogP contribution in [0.5, 0.6) is 0 Å². The van der Waals surface area contributed by atoms with Gasteiger partial charge in [0, 0.05) is 6.42 Å². The standard InChI is InChI=1S/C90H173NO13/c1-3-5-7-9-11-13-15-17-19-21-23-25-27-29-31-33-35-37-38-39-40-41-42-44-46-48-50-52-54-56-58-60-62-64-66-68-70-72-74-82(95)91-78(77-101-89-87(100)85(98)88(81(76-93)103-89)104-90-86(99)84(97)83(96)80(75-92)102-90)79(94)73-71-69-67-65-63-61-59-57-55-53-51-49-47-45-43-36-34-32-30-28-26-24-22-20-18-16-14-12-10-8-6-4-2/h63,65,71,73,78-81,83-90,92-94,96-100H,3-62,64,66-70,72,74-77H2,1-2H3,(H,91,95)/b65-63+,73-71+. The third kappa shape index (κ3) is 55.8. The Morgan fingerprint density at radius 1 is 0.337 bits per heavy atom. The molecule has 0 saturated carbocycles. The van der Waals surface area contributed by atoms with Crippen molar-refractivity contribution in [2.75, 3.05) is 19.8 Å². The van der Waals surface area contributed by atoms with Crippen LogP contribution in [0.2, 0.25) is 0 Å². The number of carbonyl (C=O) groups is 1. The van der Waals surface area contributed by atoms with Gasteiger partial charge in [0.15, 0.2) is 12.6 Å². The van der Waals surface area contributed by atoms with Gasteiger partial charge in [-0.15, -0.1) is 0 Å². The van der Waals surface area contributed by atoms with Crippen LogP contribution < -0.4 is 5.32 Å². The van der Waals surface area contributed by atoms with Crippen molar-refractivity contribution in [3.8, 4) is 0 Å². The summed E-state index contributed by atoms with van der Waals surface area (Å²) in [7, 11) is 0. The number of unbranched alkanes of at least 4 members (excludes halogenated alkanes) is 64. The Morgan fingerprint density at radius 2 is 0.615 bits per heavy atom. The van der Waals surface area contributed by atoms with E-state index in [1.807, 2.05) is 6.08 Å². The van der Waals surface area contributed by atoms with Gasteiger partial charge in [-0.3, -0.25) is 4.79 Å². The van der Waals surface area contributed by atoms with Crippen LogP contribution in [0.15, 0.2) is 24.3 Å². The number of hydrogen-bond donors (Lipinski definition) is 9. The van der Waals surface area contributed by atoms with Crippen molar-refractivity contribution < 1.29 is 64.6 Å². The summed E-state index contributed by atoms with van der Waals surface area (Å²) < 4.78 is 23.0. The van der Waals surface area contributed by atoms with Gasteiger partial charge < -0.3 is 65.1 Å². The fourth-order valence-corrected chi connectivity index (χ4v) is 15.5. The van der Waals surface area contributed by atoms with E-state index >= 15 is 0 Å². The van der Waals surface area contributed by atoms with Crippen molar-refractivity contribution in [2.24, 2.45) is 0 Å². The summed E-state index contributed by atoms with van der Waals surface area (Å²) in [5.41, 5.74) is 0. The highest BCUT2D eigenvalue weighted by atomic mass is 16.7. The molecule has 0 aromatic heterocycles. The number of amides is 1. The van der Waals surface area contributed by atoms with Gasteiger partial charge in [0.2, 0.25) is 5.91 Å². The first kappa shape index (κ1) is 98.5. The molecule has 2 aliphatic rings. The van der Waals surface area contributed by atoms with Crippen molar-refractivity contribution in [3.63, 3.8) is 0 Å². The fourth-order valence-electron chi connectivity index (χ4n) is 15.5. The lowest BCUT2D eigenvalue weighted by atomic mass is 9.97. The summed E-state index contributed by atoms with van der Waals surface area (Å²) in [5.74, 6) is -0.238. The lowest BCUT2D eigenvalue weighted by Gasteiger charge is -2.46. The van der Waals surface area contributed by atoms with Gasteiger partial charge in [-0.1, -0.05) is 436 Å². The van der Waals surface area contributed by atoms with Crippen molar-refractivity contribution in [3.05, 3.63) is 24.3 Å². The van der Waals surface area contributed by atoms with Crippen LogP contribution in [-0.4, -0.2) is 140 Å². The molecule has 9 N–H and O–H groups in total. The maximum atomic E-state index is 13.4. The first-order valence-electron chi connectivity index (χ1n) is 45.6. The van der Waals surface area contributed by atoms with Gasteiger partial charge in [0.05, 0.1) is 32.0 Å². The average molecular weight is 1480 g/mol. The fraction of sp³-hybridized carbons (Fsp3) is 0.944. The van der Waals surface area contributed by atoms with Crippen molar-refractivity contribution in [1.29, 1.82) is 0 Å².